The van der Waals surface area contributed by atoms with E-state index in [4.69, 9.17) is 22.3 Å². The van der Waals surface area contributed by atoms with Gasteiger partial charge < -0.3 is 16.6 Å². The molecule has 0 fully saturated rings. The van der Waals surface area contributed by atoms with Crippen LogP contribution in [0.15, 0.2) is 42.5 Å². The van der Waals surface area contributed by atoms with Crippen LogP contribution in [-0.4, -0.2) is 16.8 Å². The molecule has 7 N–H and O–H groups in total. The Morgan fingerprint density at radius 2 is 1.43 bits per heavy atom. The zero-order chi connectivity index (χ0) is 15.4. The Morgan fingerprint density at radius 1 is 0.857 bits per heavy atom. The van der Waals surface area contributed by atoms with E-state index in [0.717, 1.165) is 5.56 Å². The second-order valence-corrected chi connectivity index (χ2v) is 4.56. The molecule has 0 amide bonds. The van der Waals surface area contributed by atoms with E-state index in [9.17, 15) is 5.11 Å². The third-order valence-corrected chi connectivity index (χ3v) is 3.02. The first kappa shape index (κ1) is 14.3. The molecule has 2 aromatic carbocycles. The van der Waals surface area contributed by atoms with E-state index >= 15 is 0 Å². The molecule has 2 aromatic rings. The molecule has 106 valence electrons. The van der Waals surface area contributed by atoms with Crippen molar-refractivity contribution >= 4 is 23.8 Å². The molecule has 0 aliphatic carbocycles. The summed E-state index contributed by atoms with van der Waals surface area (Å²) in [5.74, 6) is 0.0166. The standard InChI is InChI=1S/C16H16N4O/c17-15(18)12-5-2-10(3-6-12)1-4-11-7-8-13(16(19)20)9-14(11)21/h1-9,21H,(H3,17,18)(H3,19,20)/b4-1-. The molecule has 5 nitrogen and oxygen atoms in total. The highest BCUT2D eigenvalue weighted by molar-refractivity contribution is 5.96. The van der Waals surface area contributed by atoms with Gasteiger partial charge in [-0.1, -0.05) is 48.6 Å². The van der Waals surface area contributed by atoms with E-state index in [1.54, 1.807) is 30.3 Å². The Kier molecular flexibility index (Phi) is 4.04. The number of nitrogens with one attached hydrogen (secondary N) is 2. The van der Waals surface area contributed by atoms with Gasteiger partial charge in [0.15, 0.2) is 0 Å². The first-order valence-corrected chi connectivity index (χ1v) is 6.27. The highest BCUT2D eigenvalue weighted by atomic mass is 16.3. The van der Waals surface area contributed by atoms with Crippen molar-refractivity contribution in [2.45, 2.75) is 0 Å². The minimum absolute atomic E-state index is 0.0306. The van der Waals surface area contributed by atoms with Gasteiger partial charge in [0.1, 0.15) is 17.4 Å². The number of phenolic OH excluding ortho intramolecular Hbond substituents is 1. The van der Waals surface area contributed by atoms with Gasteiger partial charge in [-0.3, -0.25) is 10.8 Å². The van der Waals surface area contributed by atoms with Crippen LogP contribution < -0.4 is 11.5 Å². The predicted octanol–water partition coefficient (Wildman–Crippen LogP) is 2.13. The number of phenols is 1. The van der Waals surface area contributed by atoms with Crippen molar-refractivity contribution < 1.29 is 5.11 Å². The molecule has 5 heteroatoms. The van der Waals surface area contributed by atoms with Gasteiger partial charge >= 0.3 is 0 Å². The first-order valence-electron chi connectivity index (χ1n) is 6.27. The number of rotatable bonds is 4. The summed E-state index contributed by atoms with van der Waals surface area (Å²) in [5.41, 5.74) is 13.5. The van der Waals surface area contributed by atoms with E-state index in [0.29, 0.717) is 16.7 Å². The Bertz CT molecular complexity index is 718. The molecular weight excluding hydrogens is 264 g/mol. The van der Waals surface area contributed by atoms with Crippen molar-refractivity contribution in [3.63, 3.8) is 0 Å². The van der Waals surface area contributed by atoms with Crippen LogP contribution in [0.2, 0.25) is 0 Å². The van der Waals surface area contributed by atoms with E-state index in [-0.39, 0.29) is 17.4 Å². The maximum absolute atomic E-state index is 9.89. The van der Waals surface area contributed by atoms with Crippen LogP contribution in [0.5, 0.6) is 5.75 Å². The van der Waals surface area contributed by atoms with E-state index in [1.807, 2.05) is 18.2 Å². The summed E-state index contributed by atoms with van der Waals surface area (Å²) in [6, 6.07) is 12.1. The largest absolute Gasteiger partial charge is 0.507 e. The smallest absolute Gasteiger partial charge is 0.123 e. The fourth-order valence-corrected chi connectivity index (χ4v) is 1.81. The summed E-state index contributed by atoms with van der Waals surface area (Å²) in [6.07, 6.45) is 3.61. The fraction of sp³-hybridized carbons (Fsp3) is 0. The summed E-state index contributed by atoms with van der Waals surface area (Å²) in [5, 5.41) is 24.5. The predicted molar refractivity (Wildman–Crippen MR) is 85.5 cm³/mol. The molecule has 0 aliphatic rings. The Balaban J connectivity index is 2.21. The molecule has 0 heterocycles. The highest BCUT2D eigenvalue weighted by Gasteiger charge is 2.02. The fourth-order valence-electron chi connectivity index (χ4n) is 1.81. The monoisotopic (exact) mass is 280 g/mol. The van der Waals surface area contributed by atoms with Crippen LogP contribution in [0, 0.1) is 10.8 Å². The van der Waals surface area contributed by atoms with Gasteiger partial charge in [-0.25, -0.2) is 0 Å². The number of hydrogen-bond acceptors (Lipinski definition) is 3. The molecule has 0 aliphatic heterocycles. The average molecular weight is 280 g/mol. The third-order valence-electron chi connectivity index (χ3n) is 3.02. The van der Waals surface area contributed by atoms with E-state index < -0.39 is 0 Å². The van der Waals surface area contributed by atoms with Crippen LogP contribution in [0.3, 0.4) is 0 Å². The summed E-state index contributed by atoms with van der Waals surface area (Å²) in [6.45, 7) is 0. The zero-order valence-corrected chi connectivity index (χ0v) is 11.3. The van der Waals surface area contributed by atoms with Gasteiger partial charge in [-0.2, -0.15) is 0 Å². The molecule has 0 saturated heterocycles. The molecule has 0 bridgehead atoms. The van der Waals surface area contributed by atoms with Crippen molar-refractivity contribution in [3.8, 4) is 5.75 Å². The first-order chi connectivity index (χ1) is 9.97. The molecule has 0 unspecified atom stereocenters. The van der Waals surface area contributed by atoms with Crippen LogP contribution in [0.25, 0.3) is 12.2 Å². The molecule has 2 rings (SSSR count). The van der Waals surface area contributed by atoms with Gasteiger partial charge in [0.05, 0.1) is 0 Å². The Hall–Kier alpha value is -3.08. The number of amidine groups is 2. The third kappa shape index (κ3) is 3.48. The van der Waals surface area contributed by atoms with Crippen molar-refractivity contribution in [1.29, 1.82) is 10.8 Å². The number of nitrogens with two attached hydrogens (primary N) is 2. The minimum Gasteiger partial charge on any atom is -0.507 e. The topological polar surface area (TPSA) is 120 Å². The van der Waals surface area contributed by atoms with Crippen LogP contribution >= 0.6 is 0 Å². The molecule has 0 saturated carbocycles. The van der Waals surface area contributed by atoms with Gasteiger partial charge in [-0.15, -0.1) is 0 Å². The van der Waals surface area contributed by atoms with Crippen LogP contribution in [-0.2, 0) is 0 Å². The Morgan fingerprint density at radius 3 is 1.95 bits per heavy atom. The van der Waals surface area contributed by atoms with Gasteiger partial charge in [0.25, 0.3) is 0 Å². The van der Waals surface area contributed by atoms with E-state index in [1.165, 1.54) is 6.07 Å². The van der Waals surface area contributed by atoms with E-state index in [2.05, 4.69) is 0 Å². The highest BCUT2D eigenvalue weighted by Crippen LogP contribution is 2.21. The van der Waals surface area contributed by atoms with Crippen molar-refractivity contribution in [2.75, 3.05) is 0 Å². The van der Waals surface area contributed by atoms with Crippen molar-refractivity contribution in [3.05, 3.63) is 64.7 Å². The summed E-state index contributed by atoms with van der Waals surface area (Å²) in [7, 11) is 0. The van der Waals surface area contributed by atoms with Gasteiger partial charge in [0.2, 0.25) is 0 Å². The lowest BCUT2D eigenvalue weighted by Crippen LogP contribution is -2.10. The maximum Gasteiger partial charge on any atom is 0.123 e. The second kappa shape index (κ2) is 5.92. The summed E-state index contributed by atoms with van der Waals surface area (Å²) >= 11 is 0. The number of nitrogen functional groups attached to an aromatic ring is 2. The lowest BCUT2D eigenvalue weighted by atomic mass is 10.1. The summed E-state index contributed by atoms with van der Waals surface area (Å²) < 4.78 is 0. The zero-order valence-electron chi connectivity index (χ0n) is 11.3. The molecule has 0 atom stereocenters. The Labute approximate surface area is 122 Å². The van der Waals surface area contributed by atoms with Gasteiger partial charge in [0, 0.05) is 16.7 Å². The lowest BCUT2D eigenvalue weighted by Gasteiger charge is -2.03. The number of hydrogen-bond donors (Lipinski definition) is 5. The average Bonchev–Trinajstić information content (AvgIpc) is 2.46. The van der Waals surface area contributed by atoms with Crippen molar-refractivity contribution in [2.24, 2.45) is 11.5 Å². The lowest BCUT2D eigenvalue weighted by molar-refractivity contribution is 0.474. The van der Waals surface area contributed by atoms with Crippen LogP contribution in [0.4, 0.5) is 0 Å². The maximum atomic E-state index is 9.89. The molecular formula is C16H16N4O. The quantitative estimate of drug-likeness (QED) is 0.335. The second-order valence-electron chi connectivity index (χ2n) is 4.56. The molecule has 0 aromatic heterocycles. The minimum atomic E-state index is -0.0827. The van der Waals surface area contributed by atoms with Crippen molar-refractivity contribution in [1.82, 2.24) is 0 Å². The molecule has 0 radical (unpaired) electrons. The number of benzene rings is 2. The molecule has 21 heavy (non-hydrogen) atoms. The van der Waals surface area contributed by atoms with Crippen LogP contribution in [0.1, 0.15) is 22.3 Å². The number of aromatic hydroxyl groups is 1. The van der Waals surface area contributed by atoms with Gasteiger partial charge in [-0.05, 0) is 11.6 Å². The molecule has 0 spiro atoms. The summed E-state index contributed by atoms with van der Waals surface area (Å²) in [4.78, 5) is 0. The SMILES string of the molecule is N=C(N)c1ccc(/C=C\c2ccc(C(=N)N)cc2O)cc1. The normalized spacial score (nSPS) is 10.7.